The molecular weight excluding hydrogens is 414 g/mol. The molecule has 1 amide bonds. The molecule has 0 saturated carbocycles. The van der Waals surface area contributed by atoms with Crippen molar-refractivity contribution in [2.24, 2.45) is 0 Å². The Morgan fingerprint density at radius 1 is 1.19 bits per heavy atom. The number of nitrogens with zero attached hydrogens (tertiary/aromatic N) is 2. The lowest BCUT2D eigenvalue weighted by Gasteiger charge is -2.10. The van der Waals surface area contributed by atoms with Crippen LogP contribution >= 0.6 is 11.3 Å². The SMILES string of the molecule is CCCCC(=O)Nc1ccc(C(=O)OCc2cc(=O)n3c4c(sc3n2)CCCC4)cc1. The molecule has 1 aromatic carbocycles. The van der Waals surface area contributed by atoms with Crippen LogP contribution in [0.25, 0.3) is 4.96 Å². The first-order valence-corrected chi connectivity index (χ1v) is 11.5. The molecule has 1 aliphatic carbocycles. The van der Waals surface area contributed by atoms with Crippen LogP contribution in [0.4, 0.5) is 5.69 Å². The number of aromatic nitrogens is 2. The zero-order valence-electron chi connectivity index (χ0n) is 17.5. The number of ether oxygens (including phenoxy) is 1. The standard InChI is InChI=1S/C23H25N3O4S/c1-2-3-8-20(27)24-16-11-9-15(10-12-16)22(29)30-14-17-13-21(28)26-18-6-4-5-7-19(18)31-23(26)25-17/h9-13H,2-8,14H2,1H3,(H,24,27). The second-order valence-electron chi connectivity index (χ2n) is 7.69. The number of fused-ring (bicyclic) bond motifs is 3. The second kappa shape index (κ2) is 9.43. The van der Waals surface area contributed by atoms with Gasteiger partial charge in [-0.1, -0.05) is 13.3 Å². The molecule has 1 N–H and O–H groups in total. The molecule has 1 aliphatic rings. The third-order valence-electron chi connectivity index (χ3n) is 5.33. The number of unbranched alkanes of at least 4 members (excludes halogenated alkanes) is 1. The summed E-state index contributed by atoms with van der Waals surface area (Å²) in [4.78, 5) is 43.2. The smallest absolute Gasteiger partial charge is 0.338 e. The fourth-order valence-electron chi connectivity index (χ4n) is 3.69. The predicted molar refractivity (Wildman–Crippen MR) is 120 cm³/mol. The van der Waals surface area contributed by atoms with Gasteiger partial charge < -0.3 is 10.1 Å². The highest BCUT2D eigenvalue weighted by Gasteiger charge is 2.19. The van der Waals surface area contributed by atoms with Crippen molar-refractivity contribution >= 4 is 33.9 Å². The zero-order chi connectivity index (χ0) is 21.8. The number of amides is 1. The lowest BCUT2D eigenvalue weighted by Crippen LogP contribution is -2.18. The summed E-state index contributed by atoms with van der Waals surface area (Å²) in [6.07, 6.45) is 6.40. The van der Waals surface area contributed by atoms with Gasteiger partial charge in [-0.3, -0.25) is 14.0 Å². The Labute approximate surface area is 184 Å². The lowest BCUT2D eigenvalue weighted by molar-refractivity contribution is -0.116. The first-order chi connectivity index (χ1) is 15.0. The highest BCUT2D eigenvalue weighted by atomic mass is 32.1. The summed E-state index contributed by atoms with van der Waals surface area (Å²) in [5, 5.41) is 2.81. The summed E-state index contributed by atoms with van der Waals surface area (Å²) in [7, 11) is 0. The molecule has 0 aliphatic heterocycles. The molecule has 0 fully saturated rings. The van der Waals surface area contributed by atoms with Crippen molar-refractivity contribution < 1.29 is 14.3 Å². The minimum absolute atomic E-state index is 0.0415. The molecule has 0 spiro atoms. The maximum atomic E-state index is 12.6. The van der Waals surface area contributed by atoms with Crippen molar-refractivity contribution in [3.8, 4) is 0 Å². The summed E-state index contributed by atoms with van der Waals surface area (Å²) in [6.45, 7) is 1.97. The van der Waals surface area contributed by atoms with Gasteiger partial charge >= 0.3 is 5.97 Å². The molecule has 0 radical (unpaired) electrons. The van der Waals surface area contributed by atoms with Gasteiger partial charge in [-0.15, -0.1) is 11.3 Å². The number of rotatable bonds is 7. The van der Waals surface area contributed by atoms with Gasteiger partial charge in [0.15, 0.2) is 4.96 Å². The van der Waals surface area contributed by atoms with E-state index in [1.54, 1.807) is 40.0 Å². The van der Waals surface area contributed by atoms with Crippen molar-refractivity contribution in [3.05, 3.63) is 62.5 Å². The van der Waals surface area contributed by atoms with E-state index < -0.39 is 5.97 Å². The number of carbonyl (C=O) groups excluding carboxylic acids is 2. The number of nitrogens with one attached hydrogen (secondary N) is 1. The number of aryl methyl sites for hydroxylation is 2. The summed E-state index contributed by atoms with van der Waals surface area (Å²) in [6, 6.07) is 8.00. The molecule has 162 valence electrons. The van der Waals surface area contributed by atoms with E-state index in [1.807, 2.05) is 6.92 Å². The van der Waals surface area contributed by atoms with Gasteiger partial charge in [-0.05, 0) is 56.4 Å². The molecule has 7 nitrogen and oxygen atoms in total. The first kappa shape index (κ1) is 21.2. The number of hydrogen-bond acceptors (Lipinski definition) is 6. The highest BCUT2D eigenvalue weighted by molar-refractivity contribution is 7.17. The Hall–Kier alpha value is -3.00. The van der Waals surface area contributed by atoms with Crippen LogP contribution in [0.3, 0.4) is 0 Å². The first-order valence-electron chi connectivity index (χ1n) is 10.7. The van der Waals surface area contributed by atoms with Gasteiger partial charge in [0.05, 0.1) is 11.3 Å². The molecule has 4 rings (SSSR count). The Morgan fingerprint density at radius 2 is 1.97 bits per heavy atom. The van der Waals surface area contributed by atoms with Gasteiger partial charge in [-0.25, -0.2) is 9.78 Å². The van der Waals surface area contributed by atoms with Crippen LogP contribution in [0.5, 0.6) is 0 Å². The molecule has 2 aromatic heterocycles. The summed E-state index contributed by atoms with van der Waals surface area (Å²) < 4.78 is 7.05. The number of hydrogen-bond donors (Lipinski definition) is 1. The molecule has 0 unspecified atom stereocenters. The van der Waals surface area contributed by atoms with E-state index in [0.717, 1.165) is 44.2 Å². The molecule has 3 aromatic rings. The Bertz CT molecular complexity index is 1160. The summed E-state index contributed by atoms with van der Waals surface area (Å²) in [5.74, 6) is -0.545. The van der Waals surface area contributed by atoms with Crippen molar-refractivity contribution in [3.63, 3.8) is 0 Å². The number of thiazole rings is 1. The lowest BCUT2D eigenvalue weighted by atomic mass is 10.0. The van der Waals surface area contributed by atoms with E-state index in [0.29, 0.717) is 28.3 Å². The van der Waals surface area contributed by atoms with E-state index in [2.05, 4.69) is 10.3 Å². The average Bonchev–Trinajstić information content (AvgIpc) is 3.15. The third kappa shape index (κ3) is 4.85. The van der Waals surface area contributed by atoms with Crippen molar-refractivity contribution in [1.82, 2.24) is 9.38 Å². The van der Waals surface area contributed by atoms with Crippen LogP contribution in [0.15, 0.2) is 35.1 Å². The van der Waals surface area contributed by atoms with E-state index in [4.69, 9.17) is 4.74 Å². The Morgan fingerprint density at radius 3 is 2.74 bits per heavy atom. The van der Waals surface area contributed by atoms with Crippen LogP contribution in [-0.4, -0.2) is 21.3 Å². The van der Waals surface area contributed by atoms with Crippen LogP contribution in [-0.2, 0) is 29.0 Å². The minimum Gasteiger partial charge on any atom is -0.456 e. The second-order valence-corrected chi connectivity index (χ2v) is 8.75. The van der Waals surface area contributed by atoms with E-state index in [9.17, 15) is 14.4 Å². The van der Waals surface area contributed by atoms with Gasteiger partial charge in [0.2, 0.25) is 5.91 Å². The molecule has 0 atom stereocenters. The average molecular weight is 440 g/mol. The number of benzene rings is 1. The van der Waals surface area contributed by atoms with Gasteiger partial charge in [-0.2, -0.15) is 0 Å². The quantitative estimate of drug-likeness (QED) is 0.559. The fourth-order valence-corrected chi connectivity index (χ4v) is 4.92. The third-order valence-corrected chi connectivity index (χ3v) is 6.47. The van der Waals surface area contributed by atoms with Crippen molar-refractivity contribution in [1.29, 1.82) is 0 Å². The van der Waals surface area contributed by atoms with Gasteiger partial charge in [0.25, 0.3) is 5.56 Å². The largest absolute Gasteiger partial charge is 0.456 e. The Kier molecular flexibility index (Phi) is 6.46. The molecule has 0 saturated heterocycles. The monoisotopic (exact) mass is 439 g/mol. The number of esters is 1. The van der Waals surface area contributed by atoms with Crippen LogP contribution in [0, 0.1) is 0 Å². The highest BCUT2D eigenvalue weighted by Crippen LogP contribution is 2.28. The van der Waals surface area contributed by atoms with E-state index >= 15 is 0 Å². The minimum atomic E-state index is -0.503. The molecule has 2 heterocycles. The molecule has 0 bridgehead atoms. The molecule has 31 heavy (non-hydrogen) atoms. The molecule has 8 heteroatoms. The maximum absolute atomic E-state index is 12.6. The number of carbonyl (C=O) groups is 2. The number of anilines is 1. The molecular formula is C23H25N3O4S. The van der Waals surface area contributed by atoms with Crippen LogP contribution in [0.2, 0.25) is 0 Å². The van der Waals surface area contributed by atoms with Crippen molar-refractivity contribution in [2.45, 2.75) is 58.5 Å². The predicted octanol–water partition coefficient (Wildman–Crippen LogP) is 4.12. The van der Waals surface area contributed by atoms with Gasteiger partial charge in [0.1, 0.15) is 6.61 Å². The van der Waals surface area contributed by atoms with E-state index in [-0.39, 0.29) is 18.1 Å². The maximum Gasteiger partial charge on any atom is 0.338 e. The topological polar surface area (TPSA) is 89.8 Å². The van der Waals surface area contributed by atoms with Crippen LogP contribution in [0.1, 0.15) is 65.7 Å². The Balaban J connectivity index is 1.40. The van der Waals surface area contributed by atoms with Crippen LogP contribution < -0.4 is 10.9 Å². The zero-order valence-corrected chi connectivity index (χ0v) is 18.3. The summed E-state index contributed by atoms with van der Waals surface area (Å²) in [5.41, 5.74) is 2.40. The normalized spacial score (nSPS) is 13.1. The van der Waals surface area contributed by atoms with Gasteiger partial charge in [0, 0.05) is 28.7 Å². The van der Waals surface area contributed by atoms with Crippen molar-refractivity contribution in [2.75, 3.05) is 5.32 Å². The van der Waals surface area contributed by atoms with E-state index in [1.165, 1.54) is 10.9 Å². The summed E-state index contributed by atoms with van der Waals surface area (Å²) >= 11 is 1.55. The fraction of sp³-hybridized carbons (Fsp3) is 0.391.